The number of ether oxygens (including phenoxy) is 1. The average molecular weight is 324 g/mol. The zero-order valence-corrected chi connectivity index (χ0v) is 11.6. The fourth-order valence-corrected chi connectivity index (χ4v) is 1.79. The van der Waals surface area contributed by atoms with Crippen molar-refractivity contribution in [1.82, 2.24) is 4.90 Å². The third-order valence-electron chi connectivity index (χ3n) is 2.77. The van der Waals surface area contributed by atoms with E-state index >= 15 is 0 Å². The standard InChI is InChI=1S/C11H15FN2O.C2HF3O2/c12-10-1-2-11-9(7-10)8-14(4-3-13)5-6-15-11;3-2(4,5)1(6)7/h1-2,7H,3-6,8,13H2;(H,6,7). The number of carbonyl (C=O) groups is 1. The molecule has 1 aromatic rings. The van der Waals surface area contributed by atoms with E-state index in [1.165, 1.54) is 12.1 Å². The molecule has 1 aromatic carbocycles. The van der Waals surface area contributed by atoms with Gasteiger partial charge in [0.05, 0.1) is 0 Å². The Morgan fingerprint density at radius 3 is 2.59 bits per heavy atom. The van der Waals surface area contributed by atoms with E-state index < -0.39 is 12.1 Å². The van der Waals surface area contributed by atoms with Crippen LogP contribution in [0.4, 0.5) is 17.6 Å². The van der Waals surface area contributed by atoms with Crippen molar-refractivity contribution in [1.29, 1.82) is 0 Å². The van der Waals surface area contributed by atoms with Crippen molar-refractivity contribution in [2.75, 3.05) is 26.2 Å². The number of benzene rings is 1. The van der Waals surface area contributed by atoms with E-state index in [2.05, 4.69) is 4.90 Å². The fourth-order valence-electron chi connectivity index (χ4n) is 1.79. The molecule has 0 amide bonds. The van der Waals surface area contributed by atoms with Gasteiger partial charge in [0, 0.05) is 31.7 Å². The molecule has 0 fully saturated rings. The number of carboxylic acid groups (broad SMARTS) is 1. The quantitative estimate of drug-likeness (QED) is 0.809. The summed E-state index contributed by atoms with van der Waals surface area (Å²) in [5.74, 6) is -2.18. The molecule has 0 atom stereocenters. The molecule has 1 aliphatic heterocycles. The summed E-state index contributed by atoms with van der Waals surface area (Å²) in [7, 11) is 0. The number of hydrogen-bond acceptors (Lipinski definition) is 4. The van der Waals surface area contributed by atoms with Gasteiger partial charge in [-0.15, -0.1) is 0 Å². The molecular formula is C13H16F4N2O3. The lowest BCUT2D eigenvalue weighted by Gasteiger charge is -2.17. The number of halogens is 4. The van der Waals surface area contributed by atoms with E-state index in [1.54, 1.807) is 6.07 Å². The molecule has 1 heterocycles. The van der Waals surface area contributed by atoms with Gasteiger partial charge >= 0.3 is 12.1 Å². The van der Waals surface area contributed by atoms with Crippen molar-refractivity contribution in [3.63, 3.8) is 0 Å². The maximum Gasteiger partial charge on any atom is 0.490 e. The van der Waals surface area contributed by atoms with Gasteiger partial charge in [0.2, 0.25) is 0 Å². The highest BCUT2D eigenvalue weighted by Gasteiger charge is 2.38. The smallest absolute Gasteiger partial charge is 0.490 e. The number of nitrogens with two attached hydrogens (primary N) is 1. The Morgan fingerprint density at radius 1 is 1.41 bits per heavy atom. The van der Waals surface area contributed by atoms with Gasteiger partial charge in [0.15, 0.2) is 0 Å². The van der Waals surface area contributed by atoms with Crippen LogP contribution in [-0.4, -0.2) is 48.4 Å². The second-order valence-corrected chi connectivity index (χ2v) is 4.47. The molecule has 5 nitrogen and oxygen atoms in total. The second kappa shape index (κ2) is 7.95. The lowest BCUT2D eigenvalue weighted by molar-refractivity contribution is -0.192. The molecule has 0 radical (unpaired) electrons. The van der Waals surface area contributed by atoms with Gasteiger partial charge < -0.3 is 15.6 Å². The SMILES string of the molecule is NCCN1CCOc2ccc(F)cc2C1.O=C(O)C(F)(F)F. The summed E-state index contributed by atoms with van der Waals surface area (Å²) in [6, 6.07) is 4.65. The highest BCUT2D eigenvalue weighted by atomic mass is 19.4. The number of alkyl halides is 3. The van der Waals surface area contributed by atoms with Crippen LogP contribution in [0.25, 0.3) is 0 Å². The maximum absolute atomic E-state index is 13.0. The van der Waals surface area contributed by atoms with Crippen LogP contribution in [-0.2, 0) is 11.3 Å². The molecule has 0 saturated heterocycles. The van der Waals surface area contributed by atoms with Crippen molar-refractivity contribution in [2.24, 2.45) is 5.73 Å². The zero-order chi connectivity index (χ0) is 16.8. The molecular weight excluding hydrogens is 308 g/mol. The highest BCUT2D eigenvalue weighted by molar-refractivity contribution is 5.73. The van der Waals surface area contributed by atoms with Crippen LogP contribution in [0.1, 0.15) is 5.56 Å². The molecule has 0 aromatic heterocycles. The van der Waals surface area contributed by atoms with E-state index in [0.717, 1.165) is 24.4 Å². The predicted octanol–water partition coefficient (Wildman–Crippen LogP) is 1.61. The first kappa shape index (κ1) is 18.2. The summed E-state index contributed by atoms with van der Waals surface area (Å²) in [6.07, 6.45) is -5.08. The molecule has 0 bridgehead atoms. The topological polar surface area (TPSA) is 75.8 Å². The van der Waals surface area contributed by atoms with Crippen LogP contribution in [0, 0.1) is 5.82 Å². The van der Waals surface area contributed by atoms with Crippen molar-refractivity contribution in [2.45, 2.75) is 12.7 Å². The number of aliphatic carboxylic acids is 1. The van der Waals surface area contributed by atoms with Gasteiger partial charge in [-0.3, -0.25) is 4.90 Å². The van der Waals surface area contributed by atoms with Crippen molar-refractivity contribution >= 4 is 5.97 Å². The lowest BCUT2D eigenvalue weighted by atomic mass is 10.2. The molecule has 0 spiro atoms. The Labute approximate surface area is 124 Å². The molecule has 1 aliphatic rings. The summed E-state index contributed by atoms with van der Waals surface area (Å²) >= 11 is 0. The maximum atomic E-state index is 13.0. The minimum Gasteiger partial charge on any atom is -0.492 e. The second-order valence-electron chi connectivity index (χ2n) is 4.47. The molecule has 124 valence electrons. The largest absolute Gasteiger partial charge is 0.492 e. The summed E-state index contributed by atoms with van der Waals surface area (Å²) in [4.78, 5) is 11.1. The number of carboxylic acids is 1. The van der Waals surface area contributed by atoms with Gasteiger partial charge in [-0.25, -0.2) is 9.18 Å². The molecule has 0 unspecified atom stereocenters. The van der Waals surface area contributed by atoms with Crippen LogP contribution in [0.2, 0.25) is 0 Å². The lowest BCUT2D eigenvalue weighted by Crippen LogP contribution is -2.30. The Hall–Kier alpha value is -1.87. The van der Waals surface area contributed by atoms with Crippen LogP contribution < -0.4 is 10.5 Å². The van der Waals surface area contributed by atoms with E-state index in [-0.39, 0.29) is 5.82 Å². The normalized spacial score (nSPS) is 15.0. The fraction of sp³-hybridized carbons (Fsp3) is 0.462. The minimum atomic E-state index is -5.08. The molecule has 9 heteroatoms. The summed E-state index contributed by atoms with van der Waals surface area (Å²) < 4.78 is 50.3. The van der Waals surface area contributed by atoms with Gasteiger partial charge in [0.25, 0.3) is 0 Å². The van der Waals surface area contributed by atoms with E-state index in [9.17, 15) is 17.6 Å². The number of rotatable bonds is 2. The van der Waals surface area contributed by atoms with Crippen LogP contribution in [0.5, 0.6) is 5.75 Å². The summed E-state index contributed by atoms with van der Waals surface area (Å²) in [5.41, 5.74) is 6.41. The van der Waals surface area contributed by atoms with Gasteiger partial charge in [0.1, 0.15) is 18.2 Å². The Kier molecular flexibility index (Phi) is 6.57. The monoisotopic (exact) mass is 324 g/mol. The molecule has 3 N–H and O–H groups in total. The summed E-state index contributed by atoms with van der Waals surface area (Å²) in [5, 5.41) is 7.12. The van der Waals surface area contributed by atoms with Gasteiger partial charge in [-0.1, -0.05) is 0 Å². The first-order valence-corrected chi connectivity index (χ1v) is 6.37. The minimum absolute atomic E-state index is 0.216. The van der Waals surface area contributed by atoms with Gasteiger partial charge in [-0.05, 0) is 18.2 Å². The average Bonchev–Trinajstić information content (AvgIpc) is 2.60. The molecule has 0 aliphatic carbocycles. The molecule has 0 saturated carbocycles. The van der Waals surface area contributed by atoms with Crippen LogP contribution in [0.15, 0.2) is 18.2 Å². The van der Waals surface area contributed by atoms with E-state index in [4.69, 9.17) is 20.4 Å². The summed E-state index contributed by atoms with van der Waals surface area (Å²) in [6.45, 7) is 3.63. The first-order chi connectivity index (χ1) is 10.2. The third kappa shape index (κ3) is 5.86. The number of fused-ring (bicyclic) bond motifs is 1. The Balaban J connectivity index is 0.000000295. The highest BCUT2D eigenvalue weighted by Crippen LogP contribution is 2.23. The van der Waals surface area contributed by atoms with Crippen molar-refractivity contribution < 1.29 is 32.2 Å². The molecule has 22 heavy (non-hydrogen) atoms. The van der Waals surface area contributed by atoms with Crippen molar-refractivity contribution in [3.05, 3.63) is 29.6 Å². The molecule has 2 rings (SSSR count). The van der Waals surface area contributed by atoms with E-state index in [0.29, 0.717) is 19.7 Å². The Bertz CT molecular complexity index is 509. The van der Waals surface area contributed by atoms with Crippen LogP contribution >= 0.6 is 0 Å². The zero-order valence-electron chi connectivity index (χ0n) is 11.6. The van der Waals surface area contributed by atoms with Crippen LogP contribution in [0.3, 0.4) is 0 Å². The number of hydrogen-bond donors (Lipinski definition) is 2. The Morgan fingerprint density at radius 2 is 2.05 bits per heavy atom. The predicted molar refractivity (Wildman–Crippen MR) is 69.9 cm³/mol. The third-order valence-corrected chi connectivity index (χ3v) is 2.77. The van der Waals surface area contributed by atoms with Crippen molar-refractivity contribution in [3.8, 4) is 5.75 Å². The number of nitrogens with zero attached hydrogens (tertiary/aromatic N) is 1. The van der Waals surface area contributed by atoms with E-state index in [1.807, 2.05) is 0 Å². The van der Waals surface area contributed by atoms with Gasteiger partial charge in [-0.2, -0.15) is 13.2 Å². The first-order valence-electron chi connectivity index (χ1n) is 6.37.